The third-order valence-electron chi connectivity index (χ3n) is 5.62. The first-order valence-corrected chi connectivity index (χ1v) is 10.9. The van der Waals surface area contributed by atoms with E-state index in [1.165, 1.54) is 6.92 Å². The Hall–Kier alpha value is -3.94. The third-order valence-corrected chi connectivity index (χ3v) is 5.62. The van der Waals surface area contributed by atoms with Crippen molar-refractivity contribution < 1.29 is 14.3 Å². The van der Waals surface area contributed by atoms with Gasteiger partial charge in [-0.2, -0.15) is 0 Å². The molecule has 1 atom stereocenters. The molecule has 8 heteroatoms. The van der Waals surface area contributed by atoms with Crippen molar-refractivity contribution in [2.24, 2.45) is 5.92 Å². The second kappa shape index (κ2) is 10.1. The van der Waals surface area contributed by atoms with Crippen LogP contribution in [0.4, 0.5) is 17.2 Å². The van der Waals surface area contributed by atoms with E-state index < -0.39 is 0 Å². The Bertz CT molecular complexity index is 1140. The summed E-state index contributed by atoms with van der Waals surface area (Å²) in [5.41, 5.74) is 3.00. The Morgan fingerprint density at radius 3 is 2.64 bits per heavy atom. The van der Waals surface area contributed by atoms with Gasteiger partial charge in [0, 0.05) is 37.3 Å². The van der Waals surface area contributed by atoms with Gasteiger partial charge in [0.15, 0.2) is 0 Å². The number of carbonyl (C=O) groups excluding carboxylic acids is 2. The van der Waals surface area contributed by atoms with E-state index in [1.807, 2.05) is 36.4 Å². The molecule has 0 bridgehead atoms. The van der Waals surface area contributed by atoms with Gasteiger partial charge in [0.25, 0.3) is 0 Å². The Morgan fingerprint density at radius 2 is 1.88 bits per heavy atom. The Morgan fingerprint density at radius 1 is 1.06 bits per heavy atom. The Kier molecular flexibility index (Phi) is 6.83. The number of benzene rings is 2. The number of carbonyl (C=O) groups is 2. The maximum Gasteiger partial charge on any atom is 0.229 e. The molecule has 1 fully saturated rings. The van der Waals surface area contributed by atoms with E-state index in [9.17, 15) is 9.59 Å². The first kappa shape index (κ1) is 22.3. The van der Waals surface area contributed by atoms with Crippen LogP contribution in [-0.4, -0.2) is 42.0 Å². The van der Waals surface area contributed by atoms with Gasteiger partial charge in [-0.1, -0.05) is 30.3 Å². The summed E-state index contributed by atoms with van der Waals surface area (Å²) in [5.74, 6) is 0.874. The van der Waals surface area contributed by atoms with Gasteiger partial charge in [-0.3, -0.25) is 9.59 Å². The van der Waals surface area contributed by atoms with Crippen LogP contribution in [0.1, 0.15) is 19.8 Å². The molecule has 2 aromatic carbocycles. The lowest BCUT2D eigenvalue weighted by atomic mass is 9.97. The number of hydrogen-bond donors (Lipinski definition) is 2. The van der Waals surface area contributed by atoms with E-state index in [4.69, 9.17) is 4.74 Å². The fourth-order valence-electron chi connectivity index (χ4n) is 4.01. The number of nitrogens with one attached hydrogen (secondary N) is 2. The van der Waals surface area contributed by atoms with Crippen LogP contribution in [0.2, 0.25) is 0 Å². The van der Waals surface area contributed by atoms with E-state index in [-0.39, 0.29) is 17.7 Å². The molecule has 4 rings (SSSR count). The highest BCUT2D eigenvalue weighted by Crippen LogP contribution is 2.30. The minimum atomic E-state index is -0.206. The predicted molar refractivity (Wildman–Crippen MR) is 128 cm³/mol. The number of hydrogen-bond acceptors (Lipinski definition) is 6. The molecular weight excluding hydrogens is 418 g/mol. The molecule has 2 N–H and O–H groups in total. The maximum atomic E-state index is 13.1. The quantitative estimate of drug-likeness (QED) is 0.596. The summed E-state index contributed by atoms with van der Waals surface area (Å²) in [5, 5.41) is 5.71. The summed E-state index contributed by atoms with van der Waals surface area (Å²) < 4.78 is 5.38. The van der Waals surface area contributed by atoms with Gasteiger partial charge >= 0.3 is 0 Å². The number of ether oxygens (including phenoxy) is 1. The van der Waals surface area contributed by atoms with Crippen LogP contribution in [0.5, 0.6) is 5.75 Å². The standard InChI is InChI=1S/C25H27N5O3/c1-17(31)28-20-10-11-23(33-2)22(13-20)29-25(32)19-9-6-12-30(15-19)24-14-21(26-16-27-24)18-7-4-3-5-8-18/h3-5,7-8,10-11,13-14,16,19H,6,9,12,15H2,1-2H3,(H,28,31)(H,29,32). The highest BCUT2D eigenvalue weighted by molar-refractivity contribution is 5.96. The summed E-state index contributed by atoms with van der Waals surface area (Å²) >= 11 is 0. The molecule has 1 aliphatic rings. The molecule has 1 unspecified atom stereocenters. The number of rotatable bonds is 6. The van der Waals surface area contributed by atoms with Crippen LogP contribution < -0.4 is 20.3 Å². The number of anilines is 3. The first-order valence-electron chi connectivity index (χ1n) is 10.9. The maximum absolute atomic E-state index is 13.1. The largest absolute Gasteiger partial charge is 0.495 e. The predicted octanol–water partition coefficient (Wildman–Crippen LogP) is 3.97. The van der Waals surface area contributed by atoms with Crippen molar-refractivity contribution in [1.29, 1.82) is 0 Å². The molecule has 1 saturated heterocycles. The molecule has 2 heterocycles. The second-order valence-corrected chi connectivity index (χ2v) is 8.00. The average Bonchev–Trinajstić information content (AvgIpc) is 2.84. The minimum Gasteiger partial charge on any atom is -0.495 e. The van der Waals surface area contributed by atoms with Crippen molar-refractivity contribution in [3.63, 3.8) is 0 Å². The molecular formula is C25H27N5O3. The smallest absolute Gasteiger partial charge is 0.229 e. The van der Waals surface area contributed by atoms with Gasteiger partial charge in [-0.25, -0.2) is 9.97 Å². The molecule has 2 amide bonds. The molecule has 0 spiro atoms. The van der Waals surface area contributed by atoms with Crippen molar-refractivity contribution >= 4 is 29.0 Å². The van der Waals surface area contributed by atoms with Crippen LogP contribution in [-0.2, 0) is 9.59 Å². The molecule has 0 saturated carbocycles. The second-order valence-electron chi connectivity index (χ2n) is 8.00. The van der Waals surface area contributed by atoms with Gasteiger partial charge in [0.05, 0.1) is 24.4 Å². The fraction of sp³-hybridized carbons (Fsp3) is 0.280. The van der Waals surface area contributed by atoms with Crippen LogP contribution in [0.25, 0.3) is 11.3 Å². The zero-order valence-electron chi connectivity index (χ0n) is 18.7. The van der Waals surface area contributed by atoms with Crippen LogP contribution in [0.3, 0.4) is 0 Å². The van der Waals surface area contributed by atoms with Gasteiger partial charge < -0.3 is 20.3 Å². The van der Waals surface area contributed by atoms with Crippen molar-refractivity contribution in [2.75, 3.05) is 35.7 Å². The molecule has 0 aliphatic carbocycles. The average molecular weight is 446 g/mol. The lowest BCUT2D eigenvalue weighted by Crippen LogP contribution is -2.41. The Balaban J connectivity index is 1.48. The van der Waals surface area contributed by atoms with E-state index in [2.05, 4.69) is 25.5 Å². The van der Waals surface area contributed by atoms with Crippen molar-refractivity contribution in [1.82, 2.24) is 9.97 Å². The SMILES string of the molecule is COc1ccc(NC(C)=O)cc1NC(=O)C1CCCN(c2cc(-c3ccccc3)ncn2)C1. The normalized spacial score (nSPS) is 15.6. The number of methoxy groups -OCH3 is 1. The van der Waals surface area contributed by atoms with Crippen molar-refractivity contribution in [3.8, 4) is 17.0 Å². The Labute approximate surface area is 193 Å². The van der Waals surface area contributed by atoms with E-state index in [0.29, 0.717) is 23.7 Å². The van der Waals surface area contributed by atoms with Gasteiger partial charge in [-0.15, -0.1) is 0 Å². The van der Waals surface area contributed by atoms with Gasteiger partial charge in [0.1, 0.15) is 17.9 Å². The number of amides is 2. The molecule has 170 valence electrons. The highest BCUT2D eigenvalue weighted by Gasteiger charge is 2.27. The fourth-order valence-corrected chi connectivity index (χ4v) is 4.01. The van der Waals surface area contributed by atoms with E-state index >= 15 is 0 Å². The first-order chi connectivity index (χ1) is 16.0. The lowest BCUT2D eigenvalue weighted by Gasteiger charge is -2.33. The summed E-state index contributed by atoms with van der Waals surface area (Å²) in [6, 6.07) is 17.1. The lowest BCUT2D eigenvalue weighted by molar-refractivity contribution is -0.120. The topological polar surface area (TPSA) is 96.5 Å². The molecule has 1 aromatic heterocycles. The monoisotopic (exact) mass is 445 g/mol. The molecule has 1 aliphatic heterocycles. The number of aromatic nitrogens is 2. The zero-order valence-corrected chi connectivity index (χ0v) is 18.7. The summed E-state index contributed by atoms with van der Waals surface area (Å²) in [7, 11) is 1.55. The highest BCUT2D eigenvalue weighted by atomic mass is 16.5. The van der Waals surface area contributed by atoms with Gasteiger partial charge in [0.2, 0.25) is 11.8 Å². The van der Waals surface area contributed by atoms with Gasteiger partial charge in [-0.05, 0) is 31.0 Å². The zero-order chi connectivity index (χ0) is 23.2. The molecule has 0 radical (unpaired) electrons. The molecule has 33 heavy (non-hydrogen) atoms. The van der Waals surface area contributed by atoms with Crippen molar-refractivity contribution in [3.05, 3.63) is 60.9 Å². The van der Waals surface area contributed by atoms with Crippen molar-refractivity contribution in [2.45, 2.75) is 19.8 Å². The van der Waals surface area contributed by atoms with E-state index in [0.717, 1.165) is 36.5 Å². The summed E-state index contributed by atoms with van der Waals surface area (Å²) in [6.07, 6.45) is 3.23. The molecule has 8 nitrogen and oxygen atoms in total. The summed E-state index contributed by atoms with van der Waals surface area (Å²) in [4.78, 5) is 35.5. The van der Waals surface area contributed by atoms with Crippen LogP contribution in [0.15, 0.2) is 60.9 Å². The van der Waals surface area contributed by atoms with E-state index in [1.54, 1.807) is 31.6 Å². The van der Waals surface area contributed by atoms with Crippen LogP contribution >= 0.6 is 0 Å². The summed E-state index contributed by atoms with van der Waals surface area (Å²) in [6.45, 7) is 2.83. The number of piperidine rings is 1. The number of nitrogens with zero attached hydrogens (tertiary/aromatic N) is 3. The van der Waals surface area contributed by atoms with Crippen LogP contribution in [0, 0.1) is 5.92 Å². The molecule has 3 aromatic rings. The minimum absolute atomic E-state index is 0.0877. The third kappa shape index (κ3) is 5.46.